The Hall–Kier alpha value is -2.04. The van der Waals surface area contributed by atoms with Gasteiger partial charge in [-0.2, -0.15) is 5.10 Å². The highest BCUT2D eigenvalue weighted by Gasteiger charge is 2.52. The molecule has 1 aliphatic heterocycles. The second-order valence-electron chi connectivity index (χ2n) is 11.5. The van der Waals surface area contributed by atoms with Gasteiger partial charge in [-0.05, 0) is 83.0 Å². The highest BCUT2D eigenvalue weighted by Crippen LogP contribution is 2.55. The SMILES string of the molecule is CC1(C)C[C@H](C2C=CC=CC2)Nc2c(C(=O)NC34CC5CC(CC(C5)C3)C4)cnn21. The molecule has 160 valence electrons. The van der Waals surface area contributed by atoms with Crippen LogP contribution in [-0.2, 0) is 5.54 Å². The molecule has 0 spiro atoms. The van der Waals surface area contributed by atoms with E-state index in [2.05, 4.69) is 53.9 Å². The van der Waals surface area contributed by atoms with Crippen molar-refractivity contribution >= 4 is 11.7 Å². The first kappa shape index (κ1) is 18.7. The number of anilines is 1. The lowest BCUT2D eigenvalue weighted by Crippen LogP contribution is -2.59. The molecule has 2 heterocycles. The van der Waals surface area contributed by atoms with Crippen LogP contribution in [-0.4, -0.2) is 27.3 Å². The molecule has 0 aromatic carbocycles. The van der Waals surface area contributed by atoms with Gasteiger partial charge in [0.2, 0.25) is 0 Å². The van der Waals surface area contributed by atoms with Gasteiger partial charge in [-0.3, -0.25) is 4.79 Å². The monoisotopic (exact) mass is 406 g/mol. The van der Waals surface area contributed by atoms with E-state index in [0.29, 0.717) is 12.0 Å². The van der Waals surface area contributed by atoms with Gasteiger partial charge in [-0.1, -0.05) is 24.3 Å². The van der Waals surface area contributed by atoms with E-state index >= 15 is 0 Å². The van der Waals surface area contributed by atoms with Crippen molar-refractivity contribution in [1.29, 1.82) is 0 Å². The summed E-state index contributed by atoms with van der Waals surface area (Å²) in [5.41, 5.74) is 0.638. The first-order valence-corrected chi connectivity index (χ1v) is 11.9. The zero-order valence-electron chi connectivity index (χ0n) is 18.2. The highest BCUT2D eigenvalue weighted by molar-refractivity contribution is 5.99. The summed E-state index contributed by atoms with van der Waals surface area (Å²) in [4.78, 5) is 13.5. The van der Waals surface area contributed by atoms with E-state index in [-0.39, 0.29) is 17.0 Å². The molecule has 4 fully saturated rings. The van der Waals surface area contributed by atoms with Crippen molar-refractivity contribution in [2.45, 2.75) is 82.3 Å². The van der Waals surface area contributed by atoms with Gasteiger partial charge >= 0.3 is 0 Å². The summed E-state index contributed by atoms with van der Waals surface area (Å²) in [6.45, 7) is 4.47. The second-order valence-corrected chi connectivity index (χ2v) is 11.5. The number of fused-ring (bicyclic) bond motifs is 1. The summed E-state index contributed by atoms with van der Waals surface area (Å²) in [5, 5.41) is 11.9. The molecule has 0 saturated heterocycles. The van der Waals surface area contributed by atoms with Crippen molar-refractivity contribution < 1.29 is 4.79 Å². The third-order valence-electron chi connectivity index (χ3n) is 8.58. The summed E-state index contributed by atoms with van der Waals surface area (Å²) in [6, 6.07) is 0.316. The molecule has 5 nitrogen and oxygen atoms in total. The van der Waals surface area contributed by atoms with Gasteiger partial charge in [0.1, 0.15) is 11.4 Å². The zero-order chi connectivity index (χ0) is 20.5. The van der Waals surface area contributed by atoms with Crippen LogP contribution >= 0.6 is 0 Å². The Balaban J connectivity index is 1.27. The minimum Gasteiger partial charge on any atom is -0.366 e. The smallest absolute Gasteiger partial charge is 0.257 e. The first-order valence-electron chi connectivity index (χ1n) is 11.9. The van der Waals surface area contributed by atoms with E-state index in [1.807, 2.05) is 4.68 Å². The van der Waals surface area contributed by atoms with Crippen molar-refractivity contribution in [3.63, 3.8) is 0 Å². The van der Waals surface area contributed by atoms with E-state index in [0.717, 1.165) is 42.0 Å². The van der Waals surface area contributed by atoms with Crippen LogP contribution in [0.2, 0.25) is 0 Å². The van der Waals surface area contributed by atoms with E-state index in [1.165, 1.54) is 38.5 Å². The van der Waals surface area contributed by atoms with Crippen molar-refractivity contribution in [2.24, 2.45) is 23.7 Å². The minimum absolute atomic E-state index is 0.0289. The summed E-state index contributed by atoms with van der Waals surface area (Å²) >= 11 is 0. The highest BCUT2D eigenvalue weighted by atomic mass is 16.1. The predicted octanol–water partition coefficient (Wildman–Crippen LogP) is 4.63. The van der Waals surface area contributed by atoms with Gasteiger partial charge in [-0.25, -0.2) is 4.68 Å². The lowest BCUT2D eigenvalue weighted by Gasteiger charge is -2.56. The molecule has 4 bridgehead atoms. The number of nitrogens with zero attached hydrogens (tertiary/aromatic N) is 2. The number of rotatable bonds is 3. The number of nitrogens with one attached hydrogen (secondary N) is 2. The van der Waals surface area contributed by atoms with Gasteiger partial charge in [0.15, 0.2) is 0 Å². The molecular formula is C25H34N4O. The minimum atomic E-state index is -0.112. The zero-order valence-corrected chi connectivity index (χ0v) is 18.2. The Morgan fingerprint density at radius 1 is 1.10 bits per heavy atom. The standard InChI is InChI=1S/C25H34N4O/c1-24(2)14-21(19-6-4-3-5-7-19)27-22-20(15-26-29(22)24)23(30)28-25-11-16-8-17(12-25)10-18(9-16)13-25/h3-6,15-19,21,27H,7-14H2,1-2H3,(H,28,30)/t16?,17?,18?,19?,21-,25?/m1/s1. The molecule has 2 atom stereocenters. The van der Waals surface area contributed by atoms with E-state index in [1.54, 1.807) is 6.20 Å². The predicted molar refractivity (Wildman–Crippen MR) is 118 cm³/mol. The van der Waals surface area contributed by atoms with Crippen molar-refractivity contribution in [3.05, 3.63) is 36.1 Å². The van der Waals surface area contributed by atoms with Crippen LogP contribution < -0.4 is 10.6 Å². The molecule has 5 aliphatic carbocycles. The Kier molecular flexibility index (Phi) is 4.04. The van der Waals surface area contributed by atoms with Crippen LogP contribution in [0.15, 0.2) is 30.5 Å². The molecular weight excluding hydrogens is 372 g/mol. The number of carbonyl (C=O) groups is 1. The Morgan fingerprint density at radius 3 is 2.43 bits per heavy atom. The molecule has 4 saturated carbocycles. The van der Waals surface area contributed by atoms with Crippen LogP contribution in [0.1, 0.15) is 75.6 Å². The Morgan fingerprint density at radius 2 is 1.80 bits per heavy atom. The van der Waals surface area contributed by atoms with Gasteiger partial charge < -0.3 is 10.6 Å². The third-order valence-corrected chi connectivity index (χ3v) is 8.58. The van der Waals surface area contributed by atoms with E-state index in [9.17, 15) is 4.79 Å². The summed E-state index contributed by atoms with van der Waals surface area (Å²) in [7, 11) is 0. The largest absolute Gasteiger partial charge is 0.366 e. The quantitative estimate of drug-likeness (QED) is 0.769. The molecule has 1 aromatic heterocycles. The Labute approximate surface area is 179 Å². The van der Waals surface area contributed by atoms with Crippen molar-refractivity contribution in [3.8, 4) is 0 Å². The molecule has 2 N–H and O–H groups in total. The molecule has 6 aliphatic rings. The fourth-order valence-electron chi connectivity index (χ4n) is 7.69. The number of carbonyl (C=O) groups excluding carboxylic acids is 1. The number of hydrogen-bond acceptors (Lipinski definition) is 3. The van der Waals surface area contributed by atoms with E-state index in [4.69, 9.17) is 0 Å². The Bertz CT molecular complexity index is 888. The van der Waals surface area contributed by atoms with Crippen LogP contribution in [0.4, 0.5) is 5.82 Å². The fourth-order valence-corrected chi connectivity index (χ4v) is 7.69. The molecule has 30 heavy (non-hydrogen) atoms. The average molecular weight is 407 g/mol. The lowest BCUT2D eigenvalue weighted by molar-refractivity contribution is -0.0166. The topological polar surface area (TPSA) is 59.0 Å². The lowest BCUT2D eigenvalue weighted by atomic mass is 9.53. The fraction of sp³-hybridized carbons (Fsp3) is 0.680. The maximum Gasteiger partial charge on any atom is 0.257 e. The summed E-state index contributed by atoms with van der Waals surface area (Å²) in [5.74, 6) is 3.90. The van der Waals surface area contributed by atoms with Crippen LogP contribution in [0.25, 0.3) is 0 Å². The molecule has 7 rings (SSSR count). The van der Waals surface area contributed by atoms with Crippen LogP contribution in [0.3, 0.4) is 0 Å². The number of amides is 1. The summed E-state index contributed by atoms with van der Waals surface area (Å²) in [6.07, 6.45) is 20.3. The van der Waals surface area contributed by atoms with E-state index < -0.39 is 0 Å². The molecule has 5 heteroatoms. The summed E-state index contributed by atoms with van der Waals surface area (Å²) < 4.78 is 2.04. The molecule has 1 aromatic rings. The second kappa shape index (κ2) is 6.48. The average Bonchev–Trinajstić information content (AvgIpc) is 3.12. The van der Waals surface area contributed by atoms with Gasteiger partial charge in [0, 0.05) is 17.5 Å². The third kappa shape index (κ3) is 2.96. The number of aromatic nitrogens is 2. The molecule has 1 amide bonds. The number of hydrogen-bond donors (Lipinski definition) is 2. The number of allylic oxidation sites excluding steroid dienone is 3. The van der Waals surface area contributed by atoms with Crippen molar-refractivity contribution in [2.75, 3.05) is 5.32 Å². The van der Waals surface area contributed by atoms with Gasteiger partial charge in [0.25, 0.3) is 5.91 Å². The molecule has 1 unspecified atom stereocenters. The van der Waals surface area contributed by atoms with Crippen LogP contribution in [0.5, 0.6) is 0 Å². The first-order chi connectivity index (χ1) is 14.4. The van der Waals surface area contributed by atoms with Gasteiger partial charge in [0.05, 0.1) is 11.7 Å². The van der Waals surface area contributed by atoms with Crippen LogP contribution in [0, 0.1) is 23.7 Å². The van der Waals surface area contributed by atoms with Gasteiger partial charge in [-0.15, -0.1) is 0 Å². The van der Waals surface area contributed by atoms with Crippen molar-refractivity contribution in [1.82, 2.24) is 15.1 Å². The maximum atomic E-state index is 13.5. The molecule has 0 radical (unpaired) electrons. The maximum absolute atomic E-state index is 13.5. The normalized spacial score (nSPS) is 40.1.